The van der Waals surface area contributed by atoms with Gasteiger partial charge in [0.2, 0.25) is 10.0 Å². The number of aromatic nitrogens is 2. The molecule has 0 aliphatic rings. The van der Waals surface area contributed by atoms with Crippen molar-refractivity contribution in [3.63, 3.8) is 0 Å². The van der Waals surface area contributed by atoms with E-state index in [4.69, 9.17) is 0 Å². The Balaban J connectivity index is 2.17. The van der Waals surface area contributed by atoms with Crippen molar-refractivity contribution in [1.29, 1.82) is 0 Å². The first-order valence-corrected chi connectivity index (χ1v) is 9.76. The molecule has 1 aromatic carbocycles. The summed E-state index contributed by atoms with van der Waals surface area (Å²) in [6.07, 6.45) is 2.70. The van der Waals surface area contributed by atoms with Gasteiger partial charge >= 0.3 is 0 Å². The predicted octanol–water partition coefficient (Wildman–Crippen LogP) is 3.23. The molecular formula is C18H27N3O2S. The van der Waals surface area contributed by atoms with E-state index in [1.54, 1.807) is 25.4 Å². The quantitative estimate of drug-likeness (QED) is 0.771. The Kier molecular flexibility index (Phi) is 5.83. The summed E-state index contributed by atoms with van der Waals surface area (Å²) in [6, 6.07) is 7.21. The first-order chi connectivity index (χ1) is 11.3. The molecule has 0 atom stereocenters. The average molecular weight is 350 g/mol. The molecular weight excluding hydrogens is 322 g/mol. The Bertz CT molecular complexity index is 777. The van der Waals surface area contributed by atoms with Gasteiger partial charge in [0.1, 0.15) is 0 Å². The maximum atomic E-state index is 12.8. The first-order valence-electron chi connectivity index (χ1n) is 8.32. The van der Waals surface area contributed by atoms with Gasteiger partial charge in [-0.1, -0.05) is 26.0 Å². The lowest BCUT2D eigenvalue weighted by Crippen LogP contribution is -2.26. The Hall–Kier alpha value is -1.66. The van der Waals surface area contributed by atoms with Crippen LogP contribution in [0.5, 0.6) is 0 Å². The minimum Gasteiger partial charge on any atom is -0.270 e. The molecule has 5 nitrogen and oxygen atoms in total. The van der Waals surface area contributed by atoms with Crippen molar-refractivity contribution in [1.82, 2.24) is 14.1 Å². The van der Waals surface area contributed by atoms with Crippen molar-refractivity contribution in [3.8, 4) is 0 Å². The zero-order valence-corrected chi connectivity index (χ0v) is 16.0. The van der Waals surface area contributed by atoms with Gasteiger partial charge in [0, 0.05) is 31.4 Å². The Labute approximate surface area is 145 Å². The molecule has 2 rings (SSSR count). The lowest BCUT2D eigenvalue weighted by molar-refractivity contribution is 0.465. The van der Waals surface area contributed by atoms with Crippen LogP contribution in [0.15, 0.2) is 35.4 Å². The Morgan fingerprint density at radius 1 is 1.21 bits per heavy atom. The highest BCUT2D eigenvalue weighted by Gasteiger charge is 2.22. The molecule has 0 fully saturated rings. The number of aryl methyl sites for hydroxylation is 1. The number of hydrogen-bond donors (Lipinski definition) is 0. The number of hydrogen-bond acceptors (Lipinski definition) is 3. The van der Waals surface area contributed by atoms with Crippen molar-refractivity contribution in [2.45, 2.75) is 52.1 Å². The molecule has 0 saturated heterocycles. The fraction of sp³-hybridized carbons (Fsp3) is 0.500. The van der Waals surface area contributed by atoms with Crippen LogP contribution in [0.2, 0.25) is 0 Å². The third-order valence-corrected chi connectivity index (χ3v) is 5.99. The van der Waals surface area contributed by atoms with Gasteiger partial charge in [0.05, 0.1) is 11.1 Å². The minimum absolute atomic E-state index is 0.321. The molecule has 24 heavy (non-hydrogen) atoms. The van der Waals surface area contributed by atoms with E-state index < -0.39 is 10.0 Å². The van der Waals surface area contributed by atoms with Crippen LogP contribution in [-0.2, 0) is 29.5 Å². The van der Waals surface area contributed by atoms with Crippen molar-refractivity contribution >= 4 is 10.0 Å². The fourth-order valence-electron chi connectivity index (χ4n) is 2.73. The third-order valence-electron chi connectivity index (χ3n) is 4.17. The van der Waals surface area contributed by atoms with Gasteiger partial charge in [-0.05, 0) is 43.9 Å². The molecule has 0 amide bonds. The lowest BCUT2D eigenvalue weighted by Gasteiger charge is -2.17. The SMILES string of the molecule is CCn1ncc(CN(C)S(=O)(=O)c2ccc(CC(C)C)cc2)c1C. The second-order valence-electron chi connectivity index (χ2n) is 6.57. The predicted molar refractivity (Wildman–Crippen MR) is 96.3 cm³/mol. The normalized spacial score (nSPS) is 12.3. The van der Waals surface area contributed by atoms with E-state index in [9.17, 15) is 8.42 Å². The van der Waals surface area contributed by atoms with Crippen molar-refractivity contribution in [3.05, 3.63) is 47.3 Å². The highest BCUT2D eigenvalue weighted by molar-refractivity contribution is 7.89. The smallest absolute Gasteiger partial charge is 0.243 e. The number of sulfonamides is 1. The van der Waals surface area contributed by atoms with E-state index in [1.165, 1.54) is 4.31 Å². The number of benzene rings is 1. The van der Waals surface area contributed by atoms with E-state index in [0.717, 1.165) is 29.8 Å². The molecule has 0 bridgehead atoms. The van der Waals surface area contributed by atoms with Crippen LogP contribution in [0.4, 0.5) is 0 Å². The summed E-state index contributed by atoms with van der Waals surface area (Å²) in [5, 5.41) is 4.28. The summed E-state index contributed by atoms with van der Waals surface area (Å²) >= 11 is 0. The molecule has 6 heteroatoms. The van der Waals surface area contributed by atoms with Crippen molar-refractivity contribution < 1.29 is 8.42 Å². The van der Waals surface area contributed by atoms with Gasteiger partial charge in [0.25, 0.3) is 0 Å². The van der Waals surface area contributed by atoms with E-state index in [-0.39, 0.29) is 0 Å². The third kappa shape index (κ3) is 4.05. The maximum Gasteiger partial charge on any atom is 0.243 e. The van der Waals surface area contributed by atoms with Crippen LogP contribution in [0, 0.1) is 12.8 Å². The molecule has 0 aliphatic heterocycles. The second kappa shape index (κ2) is 7.49. The minimum atomic E-state index is -3.50. The van der Waals surface area contributed by atoms with Gasteiger partial charge in [-0.25, -0.2) is 8.42 Å². The van der Waals surface area contributed by atoms with Crippen molar-refractivity contribution in [2.24, 2.45) is 5.92 Å². The average Bonchev–Trinajstić information content (AvgIpc) is 2.87. The van der Waals surface area contributed by atoms with Crippen LogP contribution in [-0.4, -0.2) is 29.6 Å². The summed E-state index contributed by atoms with van der Waals surface area (Å²) in [4.78, 5) is 0.332. The summed E-state index contributed by atoms with van der Waals surface area (Å²) in [5.74, 6) is 0.549. The summed E-state index contributed by atoms with van der Waals surface area (Å²) < 4.78 is 28.8. The van der Waals surface area contributed by atoms with Crippen molar-refractivity contribution in [2.75, 3.05) is 7.05 Å². The van der Waals surface area contributed by atoms with Gasteiger partial charge in [0.15, 0.2) is 0 Å². The molecule has 0 saturated carbocycles. The maximum absolute atomic E-state index is 12.8. The second-order valence-corrected chi connectivity index (χ2v) is 8.62. The van der Waals surface area contributed by atoms with E-state index in [2.05, 4.69) is 18.9 Å². The summed E-state index contributed by atoms with van der Waals surface area (Å²) in [7, 11) is -1.89. The van der Waals surface area contributed by atoms with Crippen LogP contribution < -0.4 is 0 Å². The van der Waals surface area contributed by atoms with Crippen LogP contribution >= 0.6 is 0 Å². The highest BCUT2D eigenvalue weighted by atomic mass is 32.2. The van der Waals surface area contributed by atoms with Crippen LogP contribution in [0.3, 0.4) is 0 Å². The molecule has 0 unspecified atom stereocenters. The number of nitrogens with zero attached hydrogens (tertiary/aromatic N) is 3. The topological polar surface area (TPSA) is 55.2 Å². The van der Waals surface area contributed by atoms with E-state index in [0.29, 0.717) is 17.4 Å². The Morgan fingerprint density at radius 3 is 2.33 bits per heavy atom. The monoisotopic (exact) mass is 349 g/mol. The molecule has 1 aromatic heterocycles. The standard InChI is InChI=1S/C18H27N3O2S/c1-6-21-15(4)17(12-19-21)13-20(5)24(22,23)18-9-7-16(8-10-18)11-14(2)3/h7-10,12,14H,6,11,13H2,1-5H3. The summed E-state index contributed by atoms with van der Waals surface area (Å²) in [5.41, 5.74) is 3.10. The summed E-state index contributed by atoms with van der Waals surface area (Å²) in [6.45, 7) is 9.38. The first kappa shape index (κ1) is 18.7. The molecule has 0 spiro atoms. The van der Waals surface area contributed by atoms with Crippen LogP contribution in [0.1, 0.15) is 37.6 Å². The van der Waals surface area contributed by atoms with Gasteiger partial charge in [-0.2, -0.15) is 9.40 Å². The van der Waals surface area contributed by atoms with E-state index >= 15 is 0 Å². The van der Waals surface area contributed by atoms with Gasteiger partial charge in [-0.3, -0.25) is 4.68 Å². The molecule has 132 valence electrons. The van der Waals surface area contributed by atoms with E-state index in [1.807, 2.05) is 30.7 Å². The van der Waals surface area contributed by atoms with Crippen LogP contribution in [0.25, 0.3) is 0 Å². The number of rotatable bonds is 7. The molecule has 0 N–H and O–H groups in total. The largest absolute Gasteiger partial charge is 0.270 e. The van der Waals surface area contributed by atoms with Gasteiger partial charge in [-0.15, -0.1) is 0 Å². The van der Waals surface area contributed by atoms with Gasteiger partial charge < -0.3 is 0 Å². The highest BCUT2D eigenvalue weighted by Crippen LogP contribution is 2.19. The Morgan fingerprint density at radius 2 is 1.83 bits per heavy atom. The lowest BCUT2D eigenvalue weighted by atomic mass is 10.0. The molecule has 0 aliphatic carbocycles. The molecule has 0 radical (unpaired) electrons. The fourth-order valence-corrected chi connectivity index (χ4v) is 3.88. The zero-order chi connectivity index (χ0) is 17.9. The zero-order valence-electron chi connectivity index (χ0n) is 15.2. The molecule has 2 aromatic rings. The molecule has 1 heterocycles.